The third-order valence-corrected chi connectivity index (χ3v) is 8.52. The lowest BCUT2D eigenvalue weighted by Gasteiger charge is -2.28. The maximum absolute atomic E-state index is 12.9. The average molecular weight is 392 g/mol. The first kappa shape index (κ1) is 20.3. The molecule has 0 unspecified atom stereocenters. The first-order valence-corrected chi connectivity index (χ1v) is 11.1. The van der Waals surface area contributed by atoms with Crippen molar-refractivity contribution in [2.45, 2.75) is 0 Å². The molecule has 3 aromatic rings. The summed E-state index contributed by atoms with van der Waals surface area (Å²) in [6.45, 7) is -1.32. The van der Waals surface area contributed by atoms with Gasteiger partial charge in [-0.1, -0.05) is 91.0 Å². The molecule has 144 valence electrons. The molecule has 0 saturated carbocycles. The Hall–Kier alpha value is -2.45. The zero-order chi connectivity index (χ0) is 19.7. The molecule has 3 rings (SSSR count). The van der Waals surface area contributed by atoms with Gasteiger partial charge in [0, 0.05) is 7.11 Å². The predicted octanol–water partition coefficient (Wildman–Crippen LogP) is 3.01. The number of hydrogen-bond acceptors (Lipinski definition) is 3. The lowest BCUT2D eigenvalue weighted by Crippen LogP contribution is -2.29. The fourth-order valence-corrected chi connectivity index (χ4v) is 7.00. The fourth-order valence-electron chi connectivity index (χ4n) is 3.23. The van der Waals surface area contributed by atoms with Crippen LogP contribution >= 0.6 is 6.89 Å². The van der Waals surface area contributed by atoms with E-state index in [1.54, 1.807) is 7.11 Å². The molecule has 0 N–H and O–H groups in total. The molecule has 0 radical (unpaired) electrons. The summed E-state index contributed by atoms with van der Waals surface area (Å²) in [5.41, 5.74) is 0. The molecule has 0 amide bonds. The zero-order valence-electron chi connectivity index (χ0n) is 16.0. The SMILES string of the molecule is COCCOCC(=O)C=P(c1ccccc1)(c1ccccc1)c1ccccc1. The van der Waals surface area contributed by atoms with Crippen LogP contribution in [0.1, 0.15) is 0 Å². The molecule has 0 aliphatic heterocycles. The Morgan fingerprint density at radius 1 is 0.750 bits per heavy atom. The van der Waals surface area contributed by atoms with Gasteiger partial charge < -0.3 is 9.47 Å². The minimum absolute atomic E-state index is 0.0130. The summed E-state index contributed by atoms with van der Waals surface area (Å²) in [6, 6.07) is 30.9. The van der Waals surface area contributed by atoms with Crippen molar-refractivity contribution in [1.29, 1.82) is 0 Å². The van der Waals surface area contributed by atoms with Crippen molar-refractivity contribution >= 4 is 34.4 Å². The van der Waals surface area contributed by atoms with Gasteiger partial charge in [-0.25, -0.2) is 0 Å². The van der Waals surface area contributed by atoms with Crippen LogP contribution in [-0.2, 0) is 14.3 Å². The Kier molecular flexibility index (Phi) is 7.39. The summed E-state index contributed by atoms with van der Waals surface area (Å²) in [5.74, 6) is 1.89. The first-order valence-electron chi connectivity index (χ1n) is 9.28. The van der Waals surface area contributed by atoms with Crippen molar-refractivity contribution in [2.24, 2.45) is 0 Å². The van der Waals surface area contributed by atoms with Crippen LogP contribution < -0.4 is 15.9 Å². The van der Waals surface area contributed by atoms with E-state index in [-0.39, 0.29) is 12.4 Å². The Morgan fingerprint density at radius 2 is 1.18 bits per heavy atom. The maximum Gasteiger partial charge on any atom is 0.182 e. The summed E-state index contributed by atoms with van der Waals surface area (Å²) in [7, 11) is 1.62. The Morgan fingerprint density at radius 3 is 1.57 bits per heavy atom. The Labute approximate surface area is 166 Å². The molecule has 3 aromatic carbocycles. The second-order valence-electron chi connectivity index (χ2n) is 6.37. The summed E-state index contributed by atoms with van der Waals surface area (Å²) in [6.07, 6.45) is 0. The molecular formula is C24H25O3P. The van der Waals surface area contributed by atoms with Gasteiger partial charge in [0.05, 0.1) is 13.2 Å². The van der Waals surface area contributed by atoms with Crippen molar-refractivity contribution in [2.75, 3.05) is 26.9 Å². The third-order valence-electron chi connectivity index (χ3n) is 4.50. The number of ether oxygens (including phenoxy) is 2. The highest BCUT2D eigenvalue weighted by molar-refractivity contribution is 7.95. The molecule has 0 bridgehead atoms. The highest BCUT2D eigenvalue weighted by atomic mass is 31.2. The quantitative estimate of drug-likeness (QED) is 0.415. The van der Waals surface area contributed by atoms with Crippen LogP contribution in [0.3, 0.4) is 0 Å². The number of methoxy groups -OCH3 is 1. The highest BCUT2D eigenvalue weighted by Crippen LogP contribution is 2.43. The third kappa shape index (κ3) is 4.69. The van der Waals surface area contributed by atoms with E-state index in [9.17, 15) is 4.79 Å². The number of Topliss-reactive ketones (excluding diaryl/α,β-unsaturated/α-hetero) is 1. The minimum Gasteiger partial charge on any atom is -0.382 e. The molecule has 0 aliphatic rings. The van der Waals surface area contributed by atoms with E-state index in [4.69, 9.17) is 9.47 Å². The van der Waals surface area contributed by atoms with Crippen LogP contribution in [0.5, 0.6) is 0 Å². The van der Waals surface area contributed by atoms with Gasteiger partial charge in [0.15, 0.2) is 5.78 Å². The maximum atomic E-state index is 12.9. The van der Waals surface area contributed by atoms with E-state index >= 15 is 0 Å². The molecule has 0 saturated heterocycles. The molecule has 0 heterocycles. The van der Waals surface area contributed by atoms with E-state index in [0.29, 0.717) is 13.2 Å². The number of rotatable bonds is 9. The van der Waals surface area contributed by atoms with Crippen LogP contribution in [-0.4, -0.2) is 38.5 Å². The topological polar surface area (TPSA) is 35.5 Å². The van der Waals surface area contributed by atoms with Crippen molar-refractivity contribution in [1.82, 2.24) is 0 Å². The van der Waals surface area contributed by atoms with Gasteiger partial charge in [-0.3, -0.25) is 4.79 Å². The van der Waals surface area contributed by atoms with Gasteiger partial charge in [0.25, 0.3) is 0 Å². The molecule has 0 aliphatic carbocycles. The lowest BCUT2D eigenvalue weighted by atomic mass is 10.4. The summed E-state index contributed by atoms with van der Waals surface area (Å²) in [4.78, 5) is 12.9. The number of benzene rings is 3. The number of carbonyl (C=O) groups is 1. The summed E-state index contributed by atoms with van der Waals surface area (Å²) >= 11 is 0. The highest BCUT2D eigenvalue weighted by Gasteiger charge is 2.26. The van der Waals surface area contributed by atoms with Crippen LogP contribution in [0.4, 0.5) is 0 Å². The second-order valence-corrected chi connectivity index (χ2v) is 9.62. The van der Waals surface area contributed by atoms with Crippen LogP contribution in [0, 0.1) is 0 Å². The van der Waals surface area contributed by atoms with E-state index in [0.717, 1.165) is 15.9 Å². The summed E-state index contributed by atoms with van der Waals surface area (Å²) in [5, 5.41) is 3.45. The standard InChI is InChI=1S/C24H25O3P/c1-26-17-18-27-19-21(25)20-28(22-11-5-2-6-12-22,23-13-7-3-8-14-23)24-15-9-4-10-16-24/h2-16,20H,17-19H2,1H3. The zero-order valence-corrected chi connectivity index (χ0v) is 16.9. The van der Waals surface area contributed by atoms with Crippen molar-refractivity contribution in [3.63, 3.8) is 0 Å². The van der Waals surface area contributed by atoms with E-state index < -0.39 is 6.89 Å². The number of carbonyl (C=O) groups excluding carboxylic acids is 1. The summed E-state index contributed by atoms with van der Waals surface area (Å²) < 4.78 is 10.5. The molecule has 4 heteroatoms. The van der Waals surface area contributed by atoms with E-state index in [2.05, 4.69) is 36.4 Å². The largest absolute Gasteiger partial charge is 0.382 e. The Bertz CT molecular complexity index is 818. The normalized spacial score (nSPS) is 11.2. The molecule has 28 heavy (non-hydrogen) atoms. The van der Waals surface area contributed by atoms with Crippen molar-refractivity contribution in [3.05, 3.63) is 91.0 Å². The molecule has 0 aromatic heterocycles. The van der Waals surface area contributed by atoms with Gasteiger partial charge in [-0.05, 0) is 28.6 Å². The Balaban J connectivity index is 2.17. The van der Waals surface area contributed by atoms with Crippen LogP contribution in [0.25, 0.3) is 0 Å². The molecular weight excluding hydrogens is 367 g/mol. The van der Waals surface area contributed by atoms with Gasteiger partial charge >= 0.3 is 0 Å². The van der Waals surface area contributed by atoms with E-state index in [1.165, 1.54) is 0 Å². The number of hydrogen-bond donors (Lipinski definition) is 0. The fraction of sp³-hybridized carbons (Fsp3) is 0.167. The predicted molar refractivity (Wildman–Crippen MR) is 119 cm³/mol. The number of ketones is 1. The van der Waals surface area contributed by atoms with E-state index in [1.807, 2.05) is 60.4 Å². The molecule has 0 fully saturated rings. The van der Waals surface area contributed by atoms with Gasteiger partial charge in [0.1, 0.15) is 6.61 Å². The monoisotopic (exact) mass is 392 g/mol. The van der Waals surface area contributed by atoms with Crippen LogP contribution in [0.2, 0.25) is 0 Å². The second kappa shape index (κ2) is 10.2. The molecule has 3 nitrogen and oxygen atoms in total. The first-order chi connectivity index (χ1) is 13.8. The van der Waals surface area contributed by atoms with Gasteiger partial charge in [-0.15, -0.1) is 0 Å². The lowest BCUT2D eigenvalue weighted by molar-refractivity contribution is -0.117. The van der Waals surface area contributed by atoms with Gasteiger partial charge in [0.2, 0.25) is 0 Å². The molecule has 0 spiro atoms. The average Bonchev–Trinajstić information content (AvgIpc) is 2.77. The smallest absolute Gasteiger partial charge is 0.182 e. The molecule has 0 atom stereocenters. The van der Waals surface area contributed by atoms with Crippen molar-refractivity contribution < 1.29 is 14.3 Å². The minimum atomic E-state index is -2.25. The van der Waals surface area contributed by atoms with Crippen LogP contribution in [0.15, 0.2) is 91.0 Å². The van der Waals surface area contributed by atoms with Gasteiger partial charge in [-0.2, -0.15) is 0 Å². The van der Waals surface area contributed by atoms with Crippen molar-refractivity contribution in [3.8, 4) is 0 Å².